The molecule has 0 bridgehead atoms. The normalized spacial score (nSPS) is 14.3. The molecule has 1 atom stereocenters. The van der Waals surface area contributed by atoms with Crippen molar-refractivity contribution in [2.45, 2.75) is 13.0 Å². The summed E-state index contributed by atoms with van der Waals surface area (Å²) >= 11 is -0.0118. The molecular weight excluding hydrogens is 333 g/mol. The molecule has 4 rings (SSSR count). The first-order valence-electron chi connectivity index (χ1n) is 6.68. The van der Waals surface area contributed by atoms with Crippen molar-refractivity contribution >= 4 is 31.7 Å². The standard InChI is InChI=1S/C15H13N3O2Se/c1-9(10-5-6-13-14(7-10)20-8-19-13)16-11-3-2-4-12-15(11)18-21-17-12/h2-7,9,16H,8H2,1H3. The quantitative estimate of drug-likeness (QED) is 0.739. The Hall–Kier alpha value is -2.04. The third-order valence-electron chi connectivity index (χ3n) is 3.55. The topological polar surface area (TPSA) is 56.3 Å². The van der Waals surface area contributed by atoms with E-state index in [2.05, 4.69) is 26.3 Å². The third-order valence-corrected chi connectivity index (χ3v) is 4.69. The fourth-order valence-electron chi connectivity index (χ4n) is 2.42. The zero-order valence-electron chi connectivity index (χ0n) is 11.4. The van der Waals surface area contributed by atoms with E-state index in [-0.39, 0.29) is 21.0 Å². The van der Waals surface area contributed by atoms with Gasteiger partial charge in [0.2, 0.25) is 0 Å². The molecule has 5 nitrogen and oxygen atoms in total. The van der Waals surface area contributed by atoms with Gasteiger partial charge in [-0.1, -0.05) is 0 Å². The molecule has 0 saturated carbocycles. The molecule has 0 radical (unpaired) electrons. The van der Waals surface area contributed by atoms with Crippen molar-refractivity contribution in [3.8, 4) is 11.5 Å². The van der Waals surface area contributed by atoms with Crippen molar-refractivity contribution in [1.29, 1.82) is 0 Å². The van der Waals surface area contributed by atoms with Crippen molar-refractivity contribution in [3.63, 3.8) is 0 Å². The number of rotatable bonds is 3. The summed E-state index contributed by atoms with van der Waals surface area (Å²) < 4.78 is 19.7. The average molecular weight is 346 g/mol. The number of hydrogen-bond donors (Lipinski definition) is 1. The first kappa shape index (κ1) is 12.7. The summed E-state index contributed by atoms with van der Waals surface area (Å²) in [5.41, 5.74) is 4.14. The van der Waals surface area contributed by atoms with Gasteiger partial charge in [-0.3, -0.25) is 0 Å². The molecule has 1 aliphatic rings. The van der Waals surface area contributed by atoms with E-state index < -0.39 is 0 Å². The molecular formula is C15H13N3O2Se. The van der Waals surface area contributed by atoms with Crippen LogP contribution in [0, 0.1) is 0 Å². The number of hydrogen-bond acceptors (Lipinski definition) is 5. The molecule has 106 valence electrons. The van der Waals surface area contributed by atoms with Crippen molar-refractivity contribution in [3.05, 3.63) is 42.0 Å². The number of fused-ring (bicyclic) bond motifs is 2. The van der Waals surface area contributed by atoms with E-state index in [1.54, 1.807) is 0 Å². The predicted octanol–water partition coefficient (Wildman–Crippen LogP) is 2.59. The van der Waals surface area contributed by atoms with Crippen LogP contribution in [0.15, 0.2) is 36.4 Å². The number of nitrogens with one attached hydrogen (secondary N) is 1. The van der Waals surface area contributed by atoms with Gasteiger partial charge in [0.15, 0.2) is 0 Å². The van der Waals surface area contributed by atoms with Gasteiger partial charge < -0.3 is 0 Å². The Kier molecular flexibility index (Phi) is 3.05. The van der Waals surface area contributed by atoms with Gasteiger partial charge in [-0.25, -0.2) is 0 Å². The van der Waals surface area contributed by atoms with Crippen LogP contribution in [0.5, 0.6) is 11.5 Å². The van der Waals surface area contributed by atoms with Crippen LogP contribution in [0.2, 0.25) is 0 Å². The van der Waals surface area contributed by atoms with Crippen LogP contribution in [0.25, 0.3) is 11.0 Å². The number of ether oxygens (including phenoxy) is 2. The van der Waals surface area contributed by atoms with Crippen molar-refractivity contribution in [1.82, 2.24) is 7.96 Å². The molecule has 6 heteroatoms. The summed E-state index contributed by atoms with van der Waals surface area (Å²) in [6.45, 7) is 2.42. The average Bonchev–Trinajstić information content (AvgIpc) is 3.15. The number of aromatic nitrogens is 2. The van der Waals surface area contributed by atoms with E-state index in [1.807, 2.05) is 30.3 Å². The molecule has 2 aromatic carbocycles. The van der Waals surface area contributed by atoms with Crippen LogP contribution in [0.3, 0.4) is 0 Å². The van der Waals surface area contributed by atoms with Crippen molar-refractivity contribution in [2.75, 3.05) is 12.1 Å². The summed E-state index contributed by atoms with van der Waals surface area (Å²) in [6, 6.07) is 12.2. The summed E-state index contributed by atoms with van der Waals surface area (Å²) in [7, 11) is 0. The first-order valence-corrected chi connectivity index (χ1v) is 8.22. The monoisotopic (exact) mass is 347 g/mol. The SMILES string of the molecule is CC(Nc1cccc2n[se]nc12)c1ccc2c(c1)OCO2. The van der Waals surface area contributed by atoms with Gasteiger partial charge in [-0.15, -0.1) is 0 Å². The summed E-state index contributed by atoms with van der Waals surface area (Å²) in [5.74, 6) is 1.62. The minimum atomic E-state index is -0.0118. The van der Waals surface area contributed by atoms with Gasteiger partial charge in [-0.05, 0) is 0 Å². The molecule has 0 aliphatic carbocycles. The van der Waals surface area contributed by atoms with E-state index in [0.29, 0.717) is 6.79 Å². The van der Waals surface area contributed by atoms with Gasteiger partial charge in [0.1, 0.15) is 0 Å². The Morgan fingerprint density at radius 3 is 3.00 bits per heavy atom. The molecule has 2 heterocycles. The van der Waals surface area contributed by atoms with Crippen LogP contribution < -0.4 is 14.8 Å². The second-order valence-electron chi connectivity index (χ2n) is 4.92. The first-order chi connectivity index (χ1) is 10.3. The molecule has 0 spiro atoms. The Balaban J connectivity index is 1.63. The second kappa shape index (κ2) is 5.06. The van der Waals surface area contributed by atoms with E-state index >= 15 is 0 Å². The third kappa shape index (κ3) is 2.26. The summed E-state index contributed by atoms with van der Waals surface area (Å²) in [6.07, 6.45) is 0. The zero-order chi connectivity index (χ0) is 14.2. The van der Waals surface area contributed by atoms with E-state index in [1.165, 1.54) is 0 Å². The fraction of sp³-hybridized carbons (Fsp3) is 0.200. The van der Waals surface area contributed by atoms with Crippen LogP contribution >= 0.6 is 0 Å². The molecule has 1 aliphatic heterocycles. The maximum atomic E-state index is 5.43. The molecule has 1 unspecified atom stereocenters. The molecule has 0 fully saturated rings. The van der Waals surface area contributed by atoms with E-state index in [4.69, 9.17) is 9.47 Å². The number of benzene rings is 2. The zero-order valence-corrected chi connectivity index (χ0v) is 13.1. The molecule has 0 saturated heterocycles. The summed E-state index contributed by atoms with van der Waals surface area (Å²) in [4.78, 5) is 0. The molecule has 21 heavy (non-hydrogen) atoms. The van der Waals surface area contributed by atoms with Crippen molar-refractivity contribution in [2.24, 2.45) is 0 Å². The van der Waals surface area contributed by atoms with Gasteiger partial charge in [-0.2, -0.15) is 0 Å². The number of nitrogens with zero attached hydrogens (tertiary/aromatic N) is 2. The minimum absolute atomic E-state index is 0.0118. The van der Waals surface area contributed by atoms with Crippen molar-refractivity contribution < 1.29 is 9.47 Å². The summed E-state index contributed by atoms with van der Waals surface area (Å²) in [5, 5.41) is 3.51. The Bertz CT molecular complexity index is 802. The van der Waals surface area contributed by atoms with E-state index in [0.717, 1.165) is 33.8 Å². The van der Waals surface area contributed by atoms with Gasteiger partial charge in [0, 0.05) is 0 Å². The predicted molar refractivity (Wildman–Crippen MR) is 81.1 cm³/mol. The van der Waals surface area contributed by atoms with Crippen LogP contribution in [-0.4, -0.2) is 29.7 Å². The molecule has 1 N–H and O–H groups in total. The number of anilines is 1. The van der Waals surface area contributed by atoms with E-state index in [9.17, 15) is 0 Å². The second-order valence-corrected chi connectivity index (χ2v) is 6.02. The molecule has 1 aromatic heterocycles. The van der Waals surface area contributed by atoms with Crippen LogP contribution in [0.4, 0.5) is 5.69 Å². The van der Waals surface area contributed by atoms with Crippen LogP contribution in [-0.2, 0) is 0 Å². The molecule has 0 amide bonds. The van der Waals surface area contributed by atoms with Gasteiger partial charge in [0.05, 0.1) is 0 Å². The fourth-order valence-corrected chi connectivity index (χ4v) is 3.57. The van der Waals surface area contributed by atoms with Gasteiger partial charge >= 0.3 is 128 Å². The molecule has 3 aromatic rings. The Labute approximate surface area is 128 Å². The Morgan fingerprint density at radius 2 is 2.05 bits per heavy atom. The van der Waals surface area contributed by atoms with Crippen LogP contribution in [0.1, 0.15) is 18.5 Å². The van der Waals surface area contributed by atoms with Gasteiger partial charge in [0.25, 0.3) is 0 Å². The Morgan fingerprint density at radius 1 is 1.14 bits per heavy atom. The maximum absolute atomic E-state index is 5.43.